The number of anilines is 5. The van der Waals surface area contributed by atoms with Gasteiger partial charge in [-0.3, -0.25) is 0 Å². The molecule has 1 aromatic heterocycles. The van der Waals surface area contributed by atoms with Crippen LogP contribution in [0.1, 0.15) is 101 Å². The van der Waals surface area contributed by atoms with Crippen LogP contribution in [0.4, 0.5) is 28.4 Å². The number of thiophene rings is 1. The minimum Gasteiger partial charge on any atom is -0.377 e. The van der Waals surface area contributed by atoms with Crippen molar-refractivity contribution < 1.29 is 0 Å². The highest BCUT2D eigenvalue weighted by atomic mass is 32.1. The lowest BCUT2D eigenvalue weighted by molar-refractivity contribution is 0.866. The topological polar surface area (TPSA) is 6.48 Å². The van der Waals surface area contributed by atoms with Gasteiger partial charge in [0.2, 0.25) is 0 Å². The van der Waals surface area contributed by atoms with E-state index in [-0.39, 0.29) is 13.6 Å². The van der Waals surface area contributed by atoms with Crippen LogP contribution in [0.25, 0.3) is 42.4 Å². The van der Waals surface area contributed by atoms with Crippen LogP contribution in [0.2, 0.25) is 0 Å². The molecule has 4 aliphatic rings. The lowest BCUT2D eigenvalue weighted by Crippen LogP contribution is -2.69. The van der Waals surface area contributed by atoms with Crippen LogP contribution in [0.5, 0.6) is 0 Å². The molecule has 0 bridgehead atoms. The minimum atomic E-state index is 0.0478. The van der Waals surface area contributed by atoms with Gasteiger partial charge in [0.05, 0.1) is 0 Å². The molecule has 59 heavy (non-hydrogen) atoms. The van der Waals surface area contributed by atoms with E-state index in [0.717, 1.165) is 0 Å². The summed E-state index contributed by atoms with van der Waals surface area (Å²) < 4.78 is 2.78. The normalized spacial score (nSPS) is 14.2. The molecule has 8 aromatic rings. The lowest BCUT2D eigenvalue weighted by Gasteiger charge is -2.52. The van der Waals surface area contributed by atoms with Crippen LogP contribution in [-0.2, 0) is 0 Å². The van der Waals surface area contributed by atoms with Crippen molar-refractivity contribution in [3.8, 4) is 22.3 Å². The Morgan fingerprint density at radius 2 is 1.12 bits per heavy atom. The SMILES string of the molecule is CC(C)c1ccc(N2c3ccc(C(C)C)cc3B3c4cc(C(C)C)cc5c4N4B(c6cc(C(C)C)ccc6-c6ccc2c3c64)c2ccc3c(sc4ccccc43)c2-5)cc1. The van der Waals surface area contributed by atoms with E-state index in [2.05, 4.69) is 186 Å². The van der Waals surface area contributed by atoms with Crippen molar-refractivity contribution in [2.45, 2.75) is 79.1 Å². The summed E-state index contributed by atoms with van der Waals surface area (Å²) in [5, 5.41) is 2.73. The Kier molecular flexibility index (Phi) is 7.51. The number of hydrogen-bond acceptors (Lipinski definition) is 3. The second-order valence-electron chi connectivity index (χ2n) is 18.8. The van der Waals surface area contributed by atoms with Crippen LogP contribution in [0, 0.1) is 0 Å². The van der Waals surface area contributed by atoms with Crippen LogP contribution < -0.4 is 37.0 Å². The predicted octanol–water partition coefficient (Wildman–Crippen LogP) is 12.1. The maximum absolute atomic E-state index is 2.82. The first-order valence-electron chi connectivity index (χ1n) is 21.9. The highest BCUT2D eigenvalue weighted by molar-refractivity contribution is 7.26. The highest BCUT2D eigenvalue weighted by Gasteiger charge is 2.52. The third-order valence-corrected chi connectivity index (χ3v) is 15.4. The average molecular weight is 779 g/mol. The monoisotopic (exact) mass is 778 g/mol. The van der Waals surface area contributed by atoms with Crippen LogP contribution in [0.15, 0.2) is 121 Å². The van der Waals surface area contributed by atoms with E-state index < -0.39 is 0 Å². The van der Waals surface area contributed by atoms with Gasteiger partial charge < -0.3 is 9.71 Å². The summed E-state index contributed by atoms with van der Waals surface area (Å²) in [4.78, 5) is 5.41. The third-order valence-electron chi connectivity index (χ3n) is 14.2. The first-order valence-corrected chi connectivity index (χ1v) is 22.7. The molecule has 0 radical (unpaired) electrons. The molecule has 286 valence electrons. The van der Waals surface area contributed by atoms with E-state index in [4.69, 9.17) is 0 Å². The van der Waals surface area contributed by atoms with Crippen LogP contribution in [-0.4, -0.2) is 13.6 Å². The Labute approximate surface area is 353 Å². The molecular weight excluding hydrogens is 730 g/mol. The number of nitrogens with zero attached hydrogens (tertiary/aromatic N) is 2. The van der Waals surface area contributed by atoms with Crippen molar-refractivity contribution in [3.05, 3.63) is 144 Å². The molecule has 0 spiro atoms. The van der Waals surface area contributed by atoms with E-state index in [1.165, 1.54) is 120 Å². The van der Waals surface area contributed by atoms with E-state index in [0.29, 0.717) is 23.7 Å². The second kappa shape index (κ2) is 12.5. The van der Waals surface area contributed by atoms with Gasteiger partial charge in [0, 0.05) is 59.7 Å². The maximum atomic E-state index is 2.82. The standard InChI is InChI=1S/C54H48B2N2S/c1-29(2)33-13-17-37(18-14-33)57-47-23-16-35(31(5)6)27-45(47)55-46-28-36(32(7)8)25-42-50-43(22-20-41-39-11-9-10-12-49(39)59-54(41)50)56-44-26-34(30(3)4)15-19-38(44)40-21-24-48(57)51(55)53(40)58(56)52(42)46/h9-32H,1-8H3. The summed E-state index contributed by atoms with van der Waals surface area (Å²) in [5.41, 5.74) is 24.9. The molecule has 2 nitrogen and oxygen atoms in total. The fourth-order valence-corrected chi connectivity index (χ4v) is 12.3. The lowest BCUT2D eigenvalue weighted by atomic mass is 9.30. The van der Waals surface area contributed by atoms with Gasteiger partial charge in [-0.1, -0.05) is 140 Å². The average Bonchev–Trinajstić information content (AvgIpc) is 3.63. The molecular formula is C54H48B2N2S. The molecule has 0 saturated heterocycles. The quantitative estimate of drug-likeness (QED) is 0.161. The summed E-state index contributed by atoms with van der Waals surface area (Å²) in [7, 11) is 0. The second-order valence-corrected chi connectivity index (χ2v) is 19.9. The van der Waals surface area contributed by atoms with Gasteiger partial charge in [-0.25, -0.2) is 0 Å². The molecule has 0 saturated carbocycles. The van der Waals surface area contributed by atoms with Crippen molar-refractivity contribution >= 4 is 101 Å². The van der Waals surface area contributed by atoms with Crippen molar-refractivity contribution in [1.82, 2.24) is 0 Å². The Balaban J connectivity index is 1.25. The summed E-state index contributed by atoms with van der Waals surface area (Å²) in [6.45, 7) is 18.8. The Hall–Kier alpha value is -5.51. The molecule has 0 fully saturated rings. The van der Waals surface area contributed by atoms with Crippen molar-refractivity contribution in [3.63, 3.8) is 0 Å². The van der Waals surface area contributed by atoms with Gasteiger partial charge in [0.15, 0.2) is 0 Å². The summed E-state index contributed by atoms with van der Waals surface area (Å²) in [5.74, 6) is 1.71. The minimum absolute atomic E-state index is 0.0478. The summed E-state index contributed by atoms with van der Waals surface area (Å²) >= 11 is 1.98. The molecule has 0 amide bonds. The highest BCUT2D eigenvalue weighted by Crippen LogP contribution is 2.53. The van der Waals surface area contributed by atoms with Gasteiger partial charge in [0.25, 0.3) is 6.71 Å². The zero-order chi connectivity index (χ0) is 40.2. The molecule has 0 atom stereocenters. The molecule has 0 N–H and O–H groups in total. The van der Waals surface area contributed by atoms with E-state index in [1.807, 2.05) is 11.3 Å². The fraction of sp³-hybridized carbons (Fsp3) is 0.222. The smallest absolute Gasteiger partial charge is 0.329 e. The molecule has 0 aliphatic carbocycles. The van der Waals surface area contributed by atoms with Gasteiger partial charge in [-0.2, -0.15) is 0 Å². The number of hydrogen-bond donors (Lipinski definition) is 0. The van der Waals surface area contributed by atoms with Gasteiger partial charge in [0.1, 0.15) is 0 Å². The Morgan fingerprint density at radius 1 is 0.475 bits per heavy atom. The molecule has 5 heterocycles. The summed E-state index contributed by atoms with van der Waals surface area (Å²) in [6.07, 6.45) is 0. The molecule has 0 unspecified atom stereocenters. The van der Waals surface area contributed by atoms with E-state index >= 15 is 0 Å². The zero-order valence-electron chi connectivity index (χ0n) is 35.3. The maximum Gasteiger partial charge on any atom is 0.329 e. The third kappa shape index (κ3) is 4.77. The number of benzene rings is 7. The zero-order valence-corrected chi connectivity index (χ0v) is 36.1. The largest absolute Gasteiger partial charge is 0.377 e. The van der Waals surface area contributed by atoms with E-state index in [1.54, 1.807) is 0 Å². The number of fused-ring (bicyclic) bond motifs is 13. The Morgan fingerprint density at radius 3 is 1.86 bits per heavy atom. The number of rotatable bonds is 5. The van der Waals surface area contributed by atoms with Crippen LogP contribution >= 0.6 is 11.3 Å². The van der Waals surface area contributed by atoms with Gasteiger partial charge in [-0.15, -0.1) is 11.3 Å². The van der Waals surface area contributed by atoms with Crippen molar-refractivity contribution in [2.75, 3.05) is 9.71 Å². The first-order chi connectivity index (χ1) is 28.6. The fourth-order valence-electron chi connectivity index (χ4n) is 11.0. The molecule has 12 rings (SSSR count). The van der Waals surface area contributed by atoms with Crippen molar-refractivity contribution in [2.24, 2.45) is 0 Å². The van der Waals surface area contributed by atoms with Gasteiger partial charge >= 0.3 is 6.85 Å². The summed E-state index contributed by atoms with van der Waals surface area (Å²) in [6, 6.07) is 48.2. The molecule has 7 aromatic carbocycles. The molecule has 4 aliphatic heterocycles. The predicted molar refractivity (Wildman–Crippen MR) is 260 cm³/mol. The van der Waals surface area contributed by atoms with Crippen LogP contribution in [0.3, 0.4) is 0 Å². The molecule has 5 heteroatoms. The Bertz CT molecular complexity index is 3100. The van der Waals surface area contributed by atoms with Gasteiger partial charge in [-0.05, 0) is 121 Å². The van der Waals surface area contributed by atoms with Crippen molar-refractivity contribution in [1.29, 1.82) is 0 Å². The first kappa shape index (κ1) is 35.4. The van der Waals surface area contributed by atoms with E-state index in [9.17, 15) is 0 Å².